The number of rotatable bonds is 7. The standard InChI is InChI=1S/C26H29ClN6O3/c1-17(24(28)34)33-25(30-32(26(33)35)15-18-11-13-36-14-12-18)31-16-22(19-5-3-2-4-6-19)23(29-31)20-7-9-21(27)10-8-20/h2-10,17-18,22H,11-16H2,1H3,(H2,28,34)/t17?,22-/m1/s1. The van der Waals surface area contributed by atoms with E-state index in [1.165, 1.54) is 9.25 Å². The Balaban J connectivity index is 1.57. The predicted molar refractivity (Wildman–Crippen MR) is 138 cm³/mol. The van der Waals surface area contributed by atoms with Crippen LogP contribution in [-0.4, -0.2) is 45.7 Å². The quantitative estimate of drug-likeness (QED) is 0.527. The van der Waals surface area contributed by atoms with Gasteiger partial charge in [-0.25, -0.2) is 19.1 Å². The van der Waals surface area contributed by atoms with Crippen LogP contribution in [0, 0.1) is 5.92 Å². The van der Waals surface area contributed by atoms with Crippen LogP contribution in [0.15, 0.2) is 64.5 Å². The number of ether oxygens (including phenoxy) is 1. The minimum Gasteiger partial charge on any atom is -0.381 e. The van der Waals surface area contributed by atoms with Gasteiger partial charge in [-0.05, 0) is 48.9 Å². The zero-order chi connectivity index (χ0) is 25.2. The summed E-state index contributed by atoms with van der Waals surface area (Å²) in [4.78, 5) is 25.6. The van der Waals surface area contributed by atoms with Gasteiger partial charge in [0.2, 0.25) is 11.9 Å². The van der Waals surface area contributed by atoms with Crippen LogP contribution in [0.3, 0.4) is 0 Å². The van der Waals surface area contributed by atoms with Crippen molar-refractivity contribution in [2.45, 2.75) is 38.3 Å². The molecule has 1 fully saturated rings. The van der Waals surface area contributed by atoms with Crippen LogP contribution in [0.5, 0.6) is 0 Å². The Morgan fingerprint density at radius 3 is 2.50 bits per heavy atom. The number of hydrazone groups is 1. The lowest BCUT2D eigenvalue weighted by Gasteiger charge is -2.21. The van der Waals surface area contributed by atoms with Gasteiger partial charge in [0.15, 0.2) is 0 Å². The van der Waals surface area contributed by atoms with E-state index in [0.29, 0.717) is 37.3 Å². The second kappa shape index (κ2) is 10.3. The molecule has 0 spiro atoms. The minimum absolute atomic E-state index is 0.0690. The molecule has 36 heavy (non-hydrogen) atoms. The number of amides is 1. The molecule has 2 aliphatic heterocycles. The van der Waals surface area contributed by atoms with E-state index in [0.717, 1.165) is 29.7 Å². The van der Waals surface area contributed by atoms with Crippen LogP contribution in [0.4, 0.5) is 5.95 Å². The summed E-state index contributed by atoms with van der Waals surface area (Å²) in [6, 6.07) is 16.7. The monoisotopic (exact) mass is 508 g/mol. The number of hydrogen-bond acceptors (Lipinski definition) is 6. The molecule has 0 bridgehead atoms. The molecule has 10 heteroatoms. The largest absolute Gasteiger partial charge is 0.381 e. The Labute approximate surface area is 214 Å². The van der Waals surface area contributed by atoms with Crippen LogP contribution in [0.1, 0.15) is 42.9 Å². The molecule has 2 aliphatic rings. The molecule has 1 saturated heterocycles. The van der Waals surface area contributed by atoms with E-state index in [1.807, 2.05) is 42.5 Å². The van der Waals surface area contributed by atoms with E-state index in [-0.39, 0.29) is 17.5 Å². The number of halogens is 1. The van der Waals surface area contributed by atoms with Gasteiger partial charge >= 0.3 is 5.69 Å². The first-order valence-corrected chi connectivity index (χ1v) is 12.5. The lowest BCUT2D eigenvalue weighted by atomic mass is 9.91. The lowest BCUT2D eigenvalue weighted by Crippen LogP contribution is -2.36. The van der Waals surface area contributed by atoms with Gasteiger partial charge in [0, 0.05) is 30.7 Å². The predicted octanol–water partition coefficient (Wildman–Crippen LogP) is 3.18. The molecule has 2 aromatic carbocycles. The van der Waals surface area contributed by atoms with Gasteiger partial charge in [0.1, 0.15) is 6.04 Å². The lowest BCUT2D eigenvalue weighted by molar-refractivity contribution is -0.120. The molecular formula is C26H29ClN6O3. The average Bonchev–Trinajstić information content (AvgIpc) is 3.47. The molecule has 2 atom stereocenters. The van der Waals surface area contributed by atoms with E-state index in [1.54, 1.807) is 11.9 Å². The van der Waals surface area contributed by atoms with Crippen LogP contribution in [0.25, 0.3) is 0 Å². The smallest absolute Gasteiger partial charge is 0.348 e. The first-order chi connectivity index (χ1) is 17.4. The van der Waals surface area contributed by atoms with Crippen LogP contribution in [-0.2, 0) is 16.1 Å². The highest BCUT2D eigenvalue weighted by molar-refractivity contribution is 6.30. The third kappa shape index (κ3) is 4.81. The van der Waals surface area contributed by atoms with Crippen molar-refractivity contribution in [3.05, 3.63) is 81.2 Å². The normalized spacial score (nSPS) is 19.3. The van der Waals surface area contributed by atoms with Crippen molar-refractivity contribution >= 4 is 29.2 Å². The molecule has 9 nitrogen and oxygen atoms in total. The summed E-state index contributed by atoms with van der Waals surface area (Å²) in [5, 5.41) is 11.9. The van der Waals surface area contributed by atoms with Crippen LogP contribution >= 0.6 is 11.6 Å². The van der Waals surface area contributed by atoms with E-state index in [2.05, 4.69) is 17.2 Å². The molecule has 0 aliphatic carbocycles. The molecule has 3 heterocycles. The Bertz CT molecular complexity index is 1310. The second-order valence-electron chi connectivity index (χ2n) is 9.31. The maximum absolute atomic E-state index is 13.4. The highest BCUT2D eigenvalue weighted by Gasteiger charge is 2.35. The summed E-state index contributed by atoms with van der Waals surface area (Å²) < 4.78 is 8.26. The third-order valence-corrected chi connectivity index (χ3v) is 7.16. The molecule has 1 amide bonds. The summed E-state index contributed by atoms with van der Waals surface area (Å²) in [5.74, 6) is -0.0892. The minimum atomic E-state index is -0.874. The Morgan fingerprint density at radius 2 is 1.83 bits per heavy atom. The number of anilines is 1. The highest BCUT2D eigenvalue weighted by Crippen LogP contribution is 2.32. The fourth-order valence-electron chi connectivity index (χ4n) is 4.80. The van der Waals surface area contributed by atoms with Crippen molar-refractivity contribution in [3.8, 4) is 0 Å². The summed E-state index contributed by atoms with van der Waals surface area (Å²) in [6.07, 6.45) is 1.72. The topological polar surface area (TPSA) is 108 Å². The number of hydrogen-bond donors (Lipinski definition) is 1. The SMILES string of the molecule is CC(C(N)=O)n1c(N2C[C@H](c3ccccc3)C(c3ccc(Cl)cc3)=N2)nn(CC2CCOCC2)c1=O. The number of primary amides is 1. The third-order valence-electron chi connectivity index (χ3n) is 6.91. The maximum Gasteiger partial charge on any atom is 0.348 e. The Hall–Kier alpha value is -3.43. The fraction of sp³-hybridized carbons (Fsp3) is 0.385. The summed E-state index contributed by atoms with van der Waals surface area (Å²) in [5.41, 5.74) is 8.11. The summed E-state index contributed by atoms with van der Waals surface area (Å²) in [7, 11) is 0. The second-order valence-corrected chi connectivity index (χ2v) is 9.74. The Morgan fingerprint density at radius 1 is 1.14 bits per heavy atom. The summed E-state index contributed by atoms with van der Waals surface area (Å²) in [6.45, 7) is 3.87. The molecule has 188 valence electrons. The van der Waals surface area contributed by atoms with Gasteiger partial charge in [-0.15, -0.1) is 5.10 Å². The number of nitrogens with two attached hydrogens (primary N) is 1. The van der Waals surface area contributed by atoms with E-state index in [9.17, 15) is 9.59 Å². The van der Waals surface area contributed by atoms with E-state index in [4.69, 9.17) is 27.2 Å². The van der Waals surface area contributed by atoms with Gasteiger partial charge in [-0.2, -0.15) is 5.10 Å². The van der Waals surface area contributed by atoms with Crippen molar-refractivity contribution in [2.75, 3.05) is 24.8 Å². The van der Waals surface area contributed by atoms with Crippen molar-refractivity contribution in [3.63, 3.8) is 0 Å². The van der Waals surface area contributed by atoms with Crippen molar-refractivity contribution in [1.29, 1.82) is 0 Å². The average molecular weight is 509 g/mol. The van der Waals surface area contributed by atoms with E-state index < -0.39 is 11.9 Å². The van der Waals surface area contributed by atoms with Gasteiger partial charge < -0.3 is 10.5 Å². The molecule has 1 unspecified atom stereocenters. The molecule has 1 aromatic heterocycles. The zero-order valence-electron chi connectivity index (χ0n) is 20.1. The molecule has 5 rings (SSSR count). The zero-order valence-corrected chi connectivity index (χ0v) is 20.8. The van der Waals surface area contributed by atoms with Crippen molar-refractivity contribution in [2.24, 2.45) is 16.8 Å². The first-order valence-electron chi connectivity index (χ1n) is 12.2. The molecule has 0 saturated carbocycles. The molecule has 3 aromatic rings. The number of carbonyl (C=O) groups is 1. The van der Waals surface area contributed by atoms with Crippen LogP contribution < -0.4 is 16.4 Å². The fourth-order valence-corrected chi connectivity index (χ4v) is 4.92. The number of benzene rings is 2. The van der Waals surface area contributed by atoms with Crippen molar-refractivity contribution in [1.82, 2.24) is 14.3 Å². The van der Waals surface area contributed by atoms with Gasteiger partial charge in [-0.1, -0.05) is 54.1 Å². The molecule has 0 radical (unpaired) electrons. The van der Waals surface area contributed by atoms with Gasteiger partial charge in [0.05, 0.1) is 12.3 Å². The summed E-state index contributed by atoms with van der Waals surface area (Å²) >= 11 is 6.13. The Kier molecular flexibility index (Phi) is 6.93. The van der Waals surface area contributed by atoms with E-state index >= 15 is 0 Å². The number of nitrogens with zero attached hydrogens (tertiary/aromatic N) is 5. The number of carbonyl (C=O) groups excluding carboxylic acids is 1. The first kappa shape index (κ1) is 24.3. The molecule has 2 N–H and O–H groups in total. The van der Waals surface area contributed by atoms with Crippen molar-refractivity contribution < 1.29 is 9.53 Å². The highest BCUT2D eigenvalue weighted by atomic mass is 35.5. The van der Waals surface area contributed by atoms with Gasteiger partial charge in [0.25, 0.3) is 0 Å². The van der Waals surface area contributed by atoms with Gasteiger partial charge in [-0.3, -0.25) is 4.79 Å². The number of aromatic nitrogens is 3. The van der Waals surface area contributed by atoms with Crippen LogP contribution in [0.2, 0.25) is 5.02 Å². The maximum atomic E-state index is 13.4. The molecular weight excluding hydrogens is 480 g/mol.